The van der Waals surface area contributed by atoms with Gasteiger partial charge in [-0.05, 0) is 11.1 Å². The summed E-state index contributed by atoms with van der Waals surface area (Å²) >= 11 is 0. The molecule has 3 heterocycles. The van der Waals surface area contributed by atoms with Crippen LogP contribution in [0.2, 0.25) is 0 Å². The Hall–Kier alpha value is -3.66. The third kappa shape index (κ3) is 5.71. The van der Waals surface area contributed by atoms with Crippen LogP contribution in [0.5, 0.6) is 0 Å². The molecule has 2 N–H and O–H groups in total. The van der Waals surface area contributed by atoms with Crippen molar-refractivity contribution in [3.63, 3.8) is 0 Å². The molecule has 0 radical (unpaired) electrons. The van der Waals surface area contributed by atoms with Crippen LogP contribution in [0.1, 0.15) is 28.9 Å². The quantitative estimate of drug-likeness (QED) is 0.574. The average molecular weight is 486 g/mol. The van der Waals surface area contributed by atoms with E-state index in [1.165, 1.54) is 11.1 Å². The molecule has 3 aromatic rings. The number of rotatable bonds is 5. The zero-order valence-electron chi connectivity index (χ0n) is 18.7. The first kappa shape index (κ1) is 24.5. The van der Waals surface area contributed by atoms with Crippen molar-refractivity contribution in [3.05, 3.63) is 90.0 Å². The Labute approximate surface area is 200 Å². The molecule has 2 aromatic carbocycles. The predicted octanol–water partition coefficient (Wildman–Crippen LogP) is 3.69. The van der Waals surface area contributed by atoms with Crippen LogP contribution < -0.4 is 0 Å². The fourth-order valence-corrected chi connectivity index (χ4v) is 4.35. The molecule has 0 saturated carbocycles. The number of likely N-dealkylation sites (tertiary alicyclic amines) is 2. The number of alkyl halides is 3. The Morgan fingerprint density at radius 3 is 1.89 bits per heavy atom. The number of H-pyrrole nitrogens is 1. The van der Waals surface area contributed by atoms with Crippen LogP contribution in [0, 0.1) is 5.92 Å². The van der Waals surface area contributed by atoms with Gasteiger partial charge in [-0.3, -0.25) is 9.69 Å². The number of aromatic nitrogens is 2. The minimum Gasteiger partial charge on any atom is -0.475 e. The highest BCUT2D eigenvalue weighted by atomic mass is 19.4. The SMILES string of the molecule is O=C(C1CN(C(c2ccccc2)c2ccccc2)C1)N1CC(c2ncc[nH]2)C1.O=C(O)C(F)(F)F. The van der Waals surface area contributed by atoms with Crippen LogP contribution in [-0.4, -0.2) is 69.1 Å². The van der Waals surface area contributed by atoms with Crippen molar-refractivity contribution >= 4 is 11.9 Å². The number of imidazole rings is 1. The fourth-order valence-electron chi connectivity index (χ4n) is 4.35. The van der Waals surface area contributed by atoms with Crippen LogP contribution in [0.3, 0.4) is 0 Å². The lowest BCUT2D eigenvalue weighted by Crippen LogP contribution is -2.59. The number of nitrogens with one attached hydrogen (secondary N) is 1. The maximum Gasteiger partial charge on any atom is 0.490 e. The number of amides is 1. The molecule has 0 unspecified atom stereocenters. The Balaban J connectivity index is 0.000000364. The first-order chi connectivity index (χ1) is 16.7. The number of carbonyl (C=O) groups excluding carboxylic acids is 1. The molecule has 2 fully saturated rings. The second-order valence-corrected chi connectivity index (χ2v) is 8.59. The van der Waals surface area contributed by atoms with Crippen molar-refractivity contribution < 1.29 is 27.9 Å². The minimum atomic E-state index is -5.08. The summed E-state index contributed by atoms with van der Waals surface area (Å²) in [4.78, 5) is 33.6. The molecule has 10 heteroatoms. The van der Waals surface area contributed by atoms with Crippen molar-refractivity contribution in [2.75, 3.05) is 26.2 Å². The predicted molar refractivity (Wildman–Crippen MR) is 121 cm³/mol. The van der Waals surface area contributed by atoms with Gasteiger partial charge in [-0.25, -0.2) is 9.78 Å². The second-order valence-electron chi connectivity index (χ2n) is 8.59. The second kappa shape index (κ2) is 10.3. The van der Waals surface area contributed by atoms with Gasteiger partial charge in [-0.15, -0.1) is 0 Å². The number of carbonyl (C=O) groups is 2. The number of aromatic amines is 1. The van der Waals surface area contributed by atoms with Gasteiger partial charge in [0.2, 0.25) is 5.91 Å². The van der Waals surface area contributed by atoms with E-state index in [0.29, 0.717) is 11.8 Å². The van der Waals surface area contributed by atoms with E-state index >= 15 is 0 Å². The number of hydrogen-bond donors (Lipinski definition) is 2. The largest absolute Gasteiger partial charge is 0.490 e. The van der Waals surface area contributed by atoms with Crippen molar-refractivity contribution in [1.82, 2.24) is 19.8 Å². The molecule has 2 saturated heterocycles. The van der Waals surface area contributed by atoms with Gasteiger partial charge in [-0.1, -0.05) is 60.7 Å². The summed E-state index contributed by atoms with van der Waals surface area (Å²) in [5.41, 5.74) is 2.56. The number of hydrogen-bond acceptors (Lipinski definition) is 4. The lowest BCUT2D eigenvalue weighted by molar-refractivity contribution is -0.192. The van der Waals surface area contributed by atoms with Gasteiger partial charge in [0.15, 0.2) is 0 Å². The Morgan fingerprint density at radius 1 is 0.943 bits per heavy atom. The molecule has 2 aliphatic heterocycles. The topological polar surface area (TPSA) is 89.5 Å². The van der Waals surface area contributed by atoms with E-state index in [1.54, 1.807) is 6.20 Å². The number of aliphatic carboxylic acids is 1. The molecule has 0 bridgehead atoms. The molecule has 1 aromatic heterocycles. The van der Waals surface area contributed by atoms with E-state index in [1.807, 2.05) is 23.2 Å². The van der Waals surface area contributed by atoms with E-state index < -0.39 is 12.1 Å². The highest BCUT2D eigenvalue weighted by Gasteiger charge is 2.43. The van der Waals surface area contributed by atoms with Crippen LogP contribution in [0.15, 0.2) is 73.1 Å². The zero-order chi connectivity index (χ0) is 25.0. The van der Waals surface area contributed by atoms with E-state index in [2.05, 4.69) is 63.4 Å². The van der Waals surface area contributed by atoms with Gasteiger partial charge >= 0.3 is 12.1 Å². The van der Waals surface area contributed by atoms with Crippen LogP contribution in [0.25, 0.3) is 0 Å². The van der Waals surface area contributed by atoms with Crippen molar-refractivity contribution in [3.8, 4) is 0 Å². The third-order valence-electron chi connectivity index (χ3n) is 6.20. The Morgan fingerprint density at radius 2 is 1.46 bits per heavy atom. The molecule has 0 atom stereocenters. The van der Waals surface area contributed by atoms with Gasteiger partial charge in [0.1, 0.15) is 5.82 Å². The fraction of sp³-hybridized carbons (Fsp3) is 0.320. The third-order valence-corrected chi connectivity index (χ3v) is 6.20. The first-order valence-corrected chi connectivity index (χ1v) is 11.2. The van der Waals surface area contributed by atoms with Gasteiger partial charge in [0, 0.05) is 38.6 Å². The van der Waals surface area contributed by atoms with Crippen LogP contribution >= 0.6 is 0 Å². The monoisotopic (exact) mass is 486 g/mol. The summed E-state index contributed by atoms with van der Waals surface area (Å²) in [5, 5.41) is 7.12. The van der Waals surface area contributed by atoms with E-state index in [9.17, 15) is 18.0 Å². The van der Waals surface area contributed by atoms with E-state index in [4.69, 9.17) is 9.90 Å². The number of nitrogens with zero attached hydrogens (tertiary/aromatic N) is 3. The molecule has 0 aliphatic carbocycles. The van der Waals surface area contributed by atoms with Crippen molar-refractivity contribution in [1.29, 1.82) is 0 Å². The van der Waals surface area contributed by atoms with Crippen molar-refractivity contribution in [2.24, 2.45) is 5.92 Å². The number of benzene rings is 2. The molecule has 184 valence electrons. The molecule has 35 heavy (non-hydrogen) atoms. The van der Waals surface area contributed by atoms with Crippen LogP contribution in [-0.2, 0) is 9.59 Å². The molecular weight excluding hydrogens is 461 g/mol. The van der Waals surface area contributed by atoms with Crippen LogP contribution in [0.4, 0.5) is 13.2 Å². The molecule has 5 rings (SSSR count). The molecular formula is C25H25F3N4O3. The molecule has 1 amide bonds. The standard InChI is InChI=1S/C23H24N4O.C2HF3O2/c28-23(27-13-19(14-27)22-24-11-12-25-22)20-15-26(16-20)21(17-7-3-1-4-8-17)18-9-5-2-6-10-18;3-2(4,5)1(6)7/h1-12,19-21H,13-16H2,(H,24,25);(H,6,7). The summed E-state index contributed by atoms with van der Waals surface area (Å²) in [6, 6.07) is 21.4. The molecule has 0 spiro atoms. The first-order valence-electron chi connectivity index (χ1n) is 11.2. The normalized spacial score (nSPS) is 16.7. The number of halogens is 3. The number of carboxylic acids is 1. The summed E-state index contributed by atoms with van der Waals surface area (Å²) < 4.78 is 31.7. The highest BCUT2D eigenvalue weighted by molar-refractivity contribution is 5.81. The molecule has 7 nitrogen and oxygen atoms in total. The minimum absolute atomic E-state index is 0.104. The summed E-state index contributed by atoms with van der Waals surface area (Å²) in [6.07, 6.45) is -1.46. The van der Waals surface area contributed by atoms with Crippen molar-refractivity contribution in [2.45, 2.75) is 18.1 Å². The molecule has 2 aliphatic rings. The van der Waals surface area contributed by atoms with E-state index in [0.717, 1.165) is 32.0 Å². The van der Waals surface area contributed by atoms with Gasteiger partial charge in [0.25, 0.3) is 0 Å². The number of carboxylic acid groups (broad SMARTS) is 1. The van der Waals surface area contributed by atoms with Gasteiger partial charge in [0.05, 0.1) is 17.9 Å². The summed E-state index contributed by atoms with van der Waals surface area (Å²) in [5.74, 6) is -1.01. The van der Waals surface area contributed by atoms with Gasteiger partial charge in [-0.2, -0.15) is 13.2 Å². The highest BCUT2D eigenvalue weighted by Crippen LogP contribution is 2.36. The summed E-state index contributed by atoms with van der Waals surface area (Å²) in [6.45, 7) is 3.19. The maximum absolute atomic E-state index is 12.8. The average Bonchev–Trinajstić information content (AvgIpc) is 3.30. The maximum atomic E-state index is 12.8. The van der Waals surface area contributed by atoms with Gasteiger partial charge < -0.3 is 15.0 Å². The van der Waals surface area contributed by atoms with E-state index in [-0.39, 0.29) is 12.0 Å². The zero-order valence-corrected chi connectivity index (χ0v) is 18.7. The lowest BCUT2D eigenvalue weighted by atomic mass is 9.88. The lowest BCUT2D eigenvalue weighted by Gasteiger charge is -2.48. The smallest absolute Gasteiger partial charge is 0.475 e. The summed E-state index contributed by atoms with van der Waals surface area (Å²) in [7, 11) is 0. The Bertz CT molecular complexity index is 1070. The Kier molecular flexibility index (Phi) is 7.20.